The highest BCUT2D eigenvalue weighted by molar-refractivity contribution is 7.48. The van der Waals surface area contributed by atoms with Gasteiger partial charge in [-0.05, 0) is 40.5 Å². The van der Waals surface area contributed by atoms with E-state index in [2.05, 4.69) is 5.32 Å². The van der Waals surface area contributed by atoms with E-state index < -0.39 is 7.82 Å². The Morgan fingerprint density at radius 3 is 2.32 bits per heavy atom. The summed E-state index contributed by atoms with van der Waals surface area (Å²) in [6, 6.07) is 0. The van der Waals surface area contributed by atoms with Crippen LogP contribution in [0.2, 0.25) is 0 Å². The van der Waals surface area contributed by atoms with Gasteiger partial charge in [-0.3, -0.25) is 23.2 Å². The van der Waals surface area contributed by atoms with E-state index in [4.69, 9.17) is 13.6 Å². The summed E-state index contributed by atoms with van der Waals surface area (Å²) in [6.07, 6.45) is 0.748. The van der Waals surface area contributed by atoms with Crippen molar-refractivity contribution in [2.75, 3.05) is 13.2 Å². The topological polar surface area (TPSA) is 90.9 Å². The molecule has 0 aromatic rings. The van der Waals surface area contributed by atoms with Gasteiger partial charge in [-0.15, -0.1) is 0 Å². The van der Waals surface area contributed by atoms with Gasteiger partial charge in [-0.1, -0.05) is 0 Å². The fraction of sp³-hybridized carbons (Fsp3) is 0.857. The van der Waals surface area contributed by atoms with Crippen molar-refractivity contribution in [3.63, 3.8) is 0 Å². The van der Waals surface area contributed by atoms with E-state index in [1.807, 2.05) is 0 Å². The minimum Gasteiger partial charge on any atom is -0.356 e. The van der Waals surface area contributed by atoms with E-state index in [-0.39, 0.29) is 42.8 Å². The molecule has 1 heterocycles. The Bertz CT molecular complexity index is 423. The number of amides is 1. The van der Waals surface area contributed by atoms with Crippen LogP contribution >= 0.6 is 7.82 Å². The average Bonchev–Trinajstić information content (AvgIpc) is 2.77. The van der Waals surface area contributed by atoms with Gasteiger partial charge < -0.3 is 5.32 Å². The largest absolute Gasteiger partial charge is 0.475 e. The molecule has 1 amide bonds. The molecular weight excluding hydrogens is 309 g/mol. The van der Waals surface area contributed by atoms with Gasteiger partial charge in [0.2, 0.25) is 5.91 Å². The monoisotopic (exact) mass is 335 g/mol. The molecule has 0 aromatic carbocycles. The van der Waals surface area contributed by atoms with Crippen LogP contribution in [0, 0.1) is 5.92 Å². The summed E-state index contributed by atoms with van der Waals surface area (Å²) in [4.78, 5) is 23.2. The highest BCUT2D eigenvalue weighted by Gasteiger charge is 2.31. The molecule has 0 aliphatic carbocycles. The maximum absolute atomic E-state index is 12.4. The third-order valence-corrected chi connectivity index (χ3v) is 4.80. The molecule has 0 spiro atoms. The quantitative estimate of drug-likeness (QED) is 0.617. The van der Waals surface area contributed by atoms with Crippen LogP contribution < -0.4 is 5.32 Å². The minimum atomic E-state index is -3.75. The van der Waals surface area contributed by atoms with Gasteiger partial charge in [-0.25, -0.2) is 4.57 Å². The molecule has 1 aliphatic heterocycles. The van der Waals surface area contributed by atoms with Crippen LogP contribution in [-0.4, -0.2) is 37.0 Å². The number of rotatable bonds is 10. The second kappa shape index (κ2) is 8.77. The summed E-state index contributed by atoms with van der Waals surface area (Å²) < 4.78 is 27.9. The first-order valence-corrected chi connectivity index (χ1v) is 9.08. The first-order valence-electron chi connectivity index (χ1n) is 7.62. The number of Topliss-reactive ketones (excluding diaryl/α,β-unsaturated/α-hetero) is 1. The predicted octanol–water partition coefficient (Wildman–Crippen LogP) is 2.45. The summed E-state index contributed by atoms with van der Waals surface area (Å²) in [5.41, 5.74) is 0. The van der Waals surface area contributed by atoms with E-state index >= 15 is 0 Å². The molecule has 0 bridgehead atoms. The standard InChI is InChI=1S/C14H26NO6P/c1-10(2)20-22(18,21-11(3)4)19-9-13(16)6-5-12-7-8-15-14(12)17/h10-12H,5-9H2,1-4H3,(H,15,17)/t12-/m0/s1. The van der Waals surface area contributed by atoms with Gasteiger partial charge in [0.15, 0.2) is 5.78 Å². The molecule has 1 atom stereocenters. The average molecular weight is 335 g/mol. The van der Waals surface area contributed by atoms with Crippen LogP contribution in [0.25, 0.3) is 0 Å². The van der Waals surface area contributed by atoms with Crippen LogP contribution in [0.15, 0.2) is 0 Å². The molecule has 0 unspecified atom stereocenters. The molecule has 128 valence electrons. The molecule has 1 N–H and O–H groups in total. The lowest BCUT2D eigenvalue weighted by Gasteiger charge is -2.21. The van der Waals surface area contributed by atoms with Crippen molar-refractivity contribution in [3.8, 4) is 0 Å². The van der Waals surface area contributed by atoms with Crippen molar-refractivity contribution in [1.82, 2.24) is 5.32 Å². The number of hydrogen-bond donors (Lipinski definition) is 1. The molecular formula is C14H26NO6P. The van der Waals surface area contributed by atoms with Crippen molar-refractivity contribution < 1.29 is 27.7 Å². The van der Waals surface area contributed by atoms with Gasteiger partial charge in [0.05, 0.1) is 12.2 Å². The molecule has 8 heteroatoms. The highest BCUT2D eigenvalue weighted by Crippen LogP contribution is 2.51. The summed E-state index contributed by atoms with van der Waals surface area (Å²) in [6.45, 7) is 7.15. The smallest absolute Gasteiger partial charge is 0.356 e. The highest BCUT2D eigenvalue weighted by atomic mass is 31.2. The van der Waals surface area contributed by atoms with E-state index in [0.717, 1.165) is 6.42 Å². The molecule has 22 heavy (non-hydrogen) atoms. The van der Waals surface area contributed by atoms with Crippen molar-refractivity contribution in [2.45, 2.75) is 59.2 Å². The number of carbonyl (C=O) groups excluding carboxylic acids is 2. The summed E-state index contributed by atoms with van der Waals surface area (Å²) in [7, 11) is -3.75. The Morgan fingerprint density at radius 1 is 1.27 bits per heavy atom. The lowest BCUT2D eigenvalue weighted by molar-refractivity contribution is -0.124. The van der Waals surface area contributed by atoms with Crippen LogP contribution in [0.1, 0.15) is 47.0 Å². The van der Waals surface area contributed by atoms with Crippen LogP contribution in [0.3, 0.4) is 0 Å². The fourth-order valence-electron chi connectivity index (χ4n) is 2.08. The number of nitrogens with one attached hydrogen (secondary N) is 1. The Kier molecular flexibility index (Phi) is 7.69. The number of hydrogen-bond acceptors (Lipinski definition) is 6. The van der Waals surface area contributed by atoms with E-state index in [9.17, 15) is 14.2 Å². The van der Waals surface area contributed by atoms with Crippen molar-refractivity contribution in [2.24, 2.45) is 5.92 Å². The summed E-state index contributed by atoms with van der Waals surface area (Å²) >= 11 is 0. The second-order valence-electron chi connectivity index (χ2n) is 5.88. The van der Waals surface area contributed by atoms with Crippen LogP contribution in [0.5, 0.6) is 0 Å². The zero-order valence-electron chi connectivity index (χ0n) is 13.7. The van der Waals surface area contributed by atoms with Crippen LogP contribution in [0.4, 0.5) is 0 Å². The Morgan fingerprint density at radius 2 is 1.86 bits per heavy atom. The van der Waals surface area contributed by atoms with Crippen molar-refractivity contribution in [1.29, 1.82) is 0 Å². The van der Waals surface area contributed by atoms with E-state index in [0.29, 0.717) is 13.0 Å². The van der Waals surface area contributed by atoms with Gasteiger partial charge in [0, 0.05) is 18.9 Å². The third-order valence-electron chi connectivity index (χ3n) is 3.00. The molecule has 0 radical (unpaired) electrons. The van der Waals surface area contributed by atoms with Gasteiger partial charge in [0.25, 0.3) is 0 Å². The molecule has 0 saturated carbocycles. The van der Waals surface area contributed by atoms with E-state index in [1.54, 1.807) is 27.7 Å². The zero-order valence-corrected chi connectivity index (χ0v) is 14.6. The lowest BCUT2D eigenvalue weighted by atomic mass is 10.0. The maximum atomic E-state index is 12.4. The summed E-state index contributed by atoms with van der Waals surface area (Å²) in [5.74, 6) is -0.347. The number of phosphoric acid groups is 1. The van der Waals surface area contributed by atoms with Gasteiger partial charge in [0.1, 0.15) is 6.61 Å². The molecule has 7 nitrogen and oxygen atoms in total. The first kappa shape index (κ1) is 19.3. The van der Waals surface area contributed by atoms with E-state index in [1.165, 1.54) is 0 Å². The number of carbonyl (C=O) groups is 2. The number of phosphoric ester groups is 1. The van der Waals surface area contributed by atoms with Crippen LogP contribution in [-0.2, 0) is 27.7 Å². The van der Waals surface area contributed by atoms with Crippen molar-refractivity contribution in [3.05, 3.63) is 0 Å². The lowest BCUT2D eigenvalue weighted by Crippen LogP contribution is -2.20. The van der Waals surface area contributed by atoms with Gasteiger partial charge in [-0.2, -0.15) is 0 Å². The molecule has 1 saturated heterocycles. The third kappa shape index (κ3) is 7.01. The Labute approximate surface area is 131 Å². The normalized spacial score (nSPS) is 19.0. The Balaban J connectivity index is 2.41. The maximum Gasteiger partial charge on any atom is 0.475 e. The van der Waals surface area contributed by atoms with Crippen molar-refractivity contribution >= 4 is 19.5 Å². The number of ketones is 1. The molecule has 1 rings (SSSR count). The second-order valence-corrected chi connectivity index (χ2v) is 7.46. The SMILES string of the molecule is CC(C)OP(=O)(OCC(=O)CC[C@H]1CCNC1=O)OC(C)C. The fourth-order valence-corrected chi connectivity index (χ4v) is 3.59. The van der Waals surface area contributed by atoms with Gasteiger partial charge >= 0.3 is 7.82 Å². The first-order chi connectivity index (χ1) is 10.2. The molecule has 1 fully saturated rings. The Hall–Kier alpha value is -0.750. The molecule has 0 aromatic heterocycles. The summed E-state index contributed by atoms with van der Waals surface area (Å²) in [5, 5.41) is 2.73. The zero-order chi connectivity index (χ0) is 16.8. The minimum absolute atomic E-state index is 0.00864. The predicted molar refractivity (Wildman–Crippen MR) is 81.4 cm³/mol. The molecule has 1 aliphatic rings.